The van der Waals surface area contributed by atoms with Crippen molar-refractivity contribution in [2.45, 2.75) is 44.8 Å². The Hall–Kier alpha value is -1.68. The van der Waals surface area contributed by atoms with Crippen molar-refractivity contribution in [3.8, 4) is 6.07 Å². The number of carbonyl (C=O) groups excluding carboxylic acids is 1. The third-order valence-corrected chi connectivity index (χ3v) is 5.94. The lowest BCUT2D eigenvalue weighted by Crippen LogP contribution is -2.48. The molecule has 0 spiro atoms. The summed E-state index contributed by atoms with van der Waals surface area (Å²) in [4.78, 5) is 14.8. The van der Waals surface area contributed by atoms with Gasteiger partial charge >= 0.3 is 0 Å². The van der Waals surface area contributed by atoms with Crippen molar-refractivity contribution in [2.24, 2.45) is 5.41 Å². The number of morpholine rings is 1. The zero-order chi connectivity index (χ0) is 19.4. The highest BCUT2D eigenvalue weighted by molar-refractivity contribution is 6.31. The molecule has 146 valence electrons. The number of rotatable bonds is 5. The number of halogens is 2. The molecule has 1 aliphatic carbocycles. The van der Waals surface area contributed by atoms with Crippen molar-refractivity contribution >= 4 is 17.5 Å². The third-order valence-electron chi connectivity index (χ3n) is 5.61. The zero-order valence-corrected chi connectivity index (χ0v) is 16.3. The first-order valence-corrected chi connectivity index (χ1v) is 9.84. The summed E-state index contributed by atoms with van der Waals surface area (Å²) in [5.74, 6) is -0.655. The van der Waals surface area contributed by atoms with E-state index in [1.54, 1.807) is 12.1 Å². The minimum absolute atomic E-state index is 0.0165. The lowest BCUT2D eigenvalue weighted by atomic mass is 9.87. The minimum Gasteiger partial charge on any atom is -0.376 e. The summed E-state index contributed by atoms with van der Waals surface area (Å²) in [7, 11) is 0. The molecule has 1 heterocycles. The van der Waals surface area contributed by atoms with Crippen molar-refractivity contribution in [2.75, 3.05) is 26.2 Å². The van der Waals surface area contributed by atoms with Gasteiger partial charge in [0, 0.05) is 30.2 Å². The summed E-state index contributed by atoms with van der Waals surface area (Å²) in [6.45, 7) is 3.96. The van der Waals surface area contributed by atoms with Crippen LogP contribution in [-0.2, 0) is 9.53 Å². The molecule has 1 saturated heterocycles. The van der Waals surface area contributed by atoms with Gasteiger partial charge in [-0.3, -0.25) is 9.69 Å². The summed E-state index contributed by atoms with van der Waals surface area (Å²) in [6, 6.07) is 6.41. The van der Waals surface area contributed by atoms with Crippen molar-refractivity contribution in [1.82, 2.24) is 10.2 Å². The highest BCUT2D eigenvalue weighted by atomic mass is 35.5. The number of ether oxygens (including phenoxy) is 1. The number of amides is 1. The van der Waals surface area contributed by atoms with E-state index in [0.29, 0.717) is 43.1 Å². The van der Waals surface area contributed by atoms with E-state index in [1.807, 2.05) is 6.92 Å². The second-order valence-electron chi connectivity index (χ2n) is 7.44. The molecule has 2 aliphatic rings. The maximum Gasteiger partial charge on any atom is 0.240 e. The maximum absolute atomic E-state index is 14.6. The Bertz CT molecular complexity index is 710. The molecule has 1 aromatic rings. The number of nitrogens with one attached hydrogen (secondary N) is 1. The van der Waals surface area contributed by atoms with Gasteiger partial charge in [0.25, 0.3) is 0 Å². The monoisotopic (exact) mass is 393 g/mol. The number of benzene rings is 1. The van der Waals surface area contributed by atoms with Gasteiger partial charge < -0.3 is 10.1 Å². The van der Waals surface area contributed by atoms with E-state index < -0.39 is 17.3 Å². The second-order valence-corrected chi connectivity index (χ2v) is 7.85. The Labute approximate surface area is 164 Å². The normalized spacial score (nSPS) is 23.6. The molecule has 3 rings (SSSR count). The fourth-order valence-corrected chi connectivity index (χ4v) is 4.39. The van der Waals surface area contributed by atoms with Crippen LogP contribution < -0.4 is 5.32 Å². The highest BCUT2D eigenvalue weighted by Crippen LogP contribution is 2.38. The molecule has 27 heavy (non-hydrogen) atoms. The van der Waals surface area contributed by atoms with Gasteiger partial charge in [0.1, 0.15) is 11.2 Å². The second kappa shape index (κ2) is 8.55. The molecule has 1 saturated carbocycles. The Morgan fingerprint density at radius 2 is 2.26 bits per heavy atom. The SMILES string of the molecule is CC1CN(C(CNC(=O)C2(C#N)CCCC2)c2c(F)cccc2Cl)CCO1. The fourth-order valence-electron chi connectivity index (χ4n) is 4.10. The van der Waals surface area contributed by atoms with Crippen LogP contribution in [0, 0.1) is 22.6 Å². The van der Waals surface area contributed by atoms with Gasteiger partial charge in [0.15, 0.2) is 0 Å². The van der Waals surface area contributed by atoms with E-state index >= 15 is 0 Å². The molecular weight excluding hydrogens is 369 g/mol. The van der Waals surface area contributed by atoms with Crippen LogP contribution in [0.2, 0.25) is 5.02 Å². The Morgan fingerprint density at radius 3 is 2.89 bits per heavy atom. The van der Waals surface area contributed by atoms with Crippen LogP contribution >= 0.6 is 11.6 Å². The number of nitriles is 1. The van der Waals surface area contributed by atoms with Crippen molar-refractivity contribution in [3.63, 3.8) is 0 Å². The molecule has 1 aromatic carbocycles. The van der Waals surface area contributed by atoms with Crippen LogP contribution in [0.1, 0.15) is 44.2 Å². The molecule has 0 radical (unpaired) electrons. The molecule has 1 amide bonds. The molecule has 7 heteroatoms. The lowest BCUT2D eigenvalue weighted by Gasteiger charge is -2.38. The largest absolute Gasteiger partial charge is 0.376 e. The summed E-state index contributed by atoms with van der Waals surface area (Å²) < 4.78 is 20.2. The molecule has 0 aromatic heterocycles. The van der Waals surface area contributed by atoms with Gasteiger partial charge in [0.05, 0.1) is 24.8 Å². The number of nitrogens with zero attached hydrogens (tertiary/aromatic N) is 2. The van der Waals surface area contributed by atoms with Crippen molar-refractivity contribution in [3.05, 3.63) is 34.6 Å². The number of hydrogen-bond donors (Lipinski definition) is 1. The number of carbonyl (C=O) groups is 1. The maximum atomic E-state index is 14.6. The van der Waals surface area contributed by atoms with Crippen LogP contribution in [0.3, 0.4) is 0 Å². The average molecular weight is 394 g/mol. The average Bonchev–Trinajstić information content (AvgIpc) is 3.14. The topological polar surface area (TPSA) is 65.4 Å². The number of hydrogen-bond acceptors (Lipinski definition) is 4. The van der Waals surface area contributed by atoms with E-state index in [9.17, 15) is 14.4 Å². The first kappa shape index (κ1) is 20.1. The zero-order valence-electron chi connectivity index (χ0n) is 15.5. The molecule has 2 atom stereocenters. The first-order valence-electron chi connectivity index (χ1n) is 9.46. The van der Waals surface area contributed by atoms with Gasteiger partial charge in [0.2, 0.25) is 5.91 Å². The summed E-state index contributed by atoms with van der Waals surface area (Å²) in [5.41, 5.74) is -0.576. The highest BCUT2D eigenvalue weighted by Gasteiger charge is 2.42. The lowest BCUT2D eigenvalue weighted by molar-refractivity contribution is -0.128. The minimum atomic E-state index is -0.956. The fraction of sp³-hybridized carbons (Fsp3) is 0.600. The summed E-state index contributed by atoms with van der Waals surface area (Å²) in [6.07, 6.45) is 2.93. The quantitative estimate of drug-likeness (QED) is 0.832. The molecule has 2 unspecified atom stereocenters. The van der Waals surface area contributed by atoms with E-state index in [-0.39, 0.29) is 18.6 Å². The smallest absolute Gasteiger partial charge is 0.240 e. The van der Waals surface area contributed by atoms with Crippen LogP contribution in [-0.4, -0.2) is 43.2 Å². The Morgan fingerprint density at radius 1 is 1.52 bits per heavy atom. The molecule has 1 N–H and O–H groups in total. The third kappa shape index (κ3) is 4.26. The van der Waals surface area contributed by atoms with E-state index in [2.05, 4.69) is 16.3 Å². The molecule has 2 fully saturated rings. The van der Waals surface area contributed by atoms with Gasteiger partial charge in [-0.05, 0) is 31.9 Å². The van der Waals surface area contributed by atoms with Crippen LogP contribution in [0.4, 0.5) is 4.39 Å². The van der Waals surface area contributed by atoms with Crippen molar-refractivity contribution in [1.29, 1.82) is 5.26 Å². The van der Waals surface area contributed by atoms with Crippen molar-refractivity contribution < 1.29 is 13.9 Å². The van der Waals surface area contributed by atoms with Crippen LogP contribution in [0.15, 0.2) is 18.2 Å². The Balaban J connectivity index is 1.82. The molecular formula is C20H25ClFN3O2. The van der Waals surface area contributed by atoms with E-state index in [1.165, 1.54) is 6.07 Å². The van der Waals surface area contributed by atoms with Gasteiger partial charge in [-0.25, -0.2) is 4.39 Å². The van der Waals surface area contributed by atoms with E-state index in [4.69, 9.17) is 16.3 Å². The van der Waals surface area contributed by atoms with Crippen LogP contribution in [0.25, 0.3) is 0 Å². The standard InChI is InChI=1S/C20H25ClFN3O2/c1-14-12-25(9-10-27-14)17(18-15(21)5-4-6-16(18)22)11-24-19(26)20(13-23)7-2-3-8-20/h4-6,14,17H,2-3,7-12H2,1H3,(H,24,26). The predicted octanol–water partition coefficient (Wildman–Crippen LogP) is 3.44. The first-order chi connectivity index (χ1) is 13.0. The predicted molar refractivity (Wildman–Crippen MR) is 101 cm³/mol. The van der Waals surface area contributed by atoms with Gasteiger partial charge in [-0.15, -0.1) is 0 Å². The molecule has 1 aliphatic heterocycles. The molecule has 5 nitrogen and oxygen atoms in total. The summed E-state index contributed by atoms with van der Waals surface area (Å²) in [5, 5.41) is 12.8. The summed E-state index contributed by atoms with van der Waals surface area (Å²) >= 11 is 6.31. The van der Waals surface area contributed by atoms with Gasteiger partial charge in [-0.1, -0.05) is 30.5 Å². The Kier molecular flexibility index (Phi) is 6.36. The van der Waals surface area contributed by atoms with Crippen LogP contribution in [0.5, 0.6) is 0 Å². The molecule has 0 bridgehead atoms. The van der Waals surface area contributed by atoms with E-state index in [0.717, 1.165) is 12.8 Å². The van der Waals surface area contributed by atoms with Gasteiger partial charge in [-0.2, -0.15) is 5.26 Å².